The van der Waals surface area contributed by atoms with E-state index >= 15 is 0 Å². The predicted octanol–water partition coefficient (Wildman–Crippen LogP) is 1.76. The zero-order valence-electron chi connectivity index (χ0n) is 8.13. The summed E-state index contributed by atoms with van der Waals surface area (Å²) in [5.41, 5.74) is 0.224. The van der Waals surface area contributed by atoms with Gasteiger partial charge in [0.1, 0.15) is 6.10 Å². The molecule has 0 bridgehead atoms. The van der Waals surface area contributed by atoms with E-state index in [9.17, 15) is 9.90 Å². The lowest BCUT2D eigenvalue weighted by atomic mass is 9.71. The van der Waals surface area contributed by atoms with E-state index in [-0.39, 0.29) is 11.2 Å². The minimum absolute atomic E-state index is 0.0236. The summed E-state index contributed by atoms with van der Waals surface area (Å²) in [6.07, 6.45) is 1.47. The van der Waals surface area contributed by atoms with Crippen LogP contribution in [0.1, 0.15) is 40.0 Å². The zero-order valence-corrected chi connectivity index (χ0v) is 8.13. The summed E-state index contributed by atoms with van der Waals surface area (Å²) in [6.45, 7) is 6.50. The van der Waals surface area contributed by atoms with E-state index in [0.717, 1.165) is 6.42 Å². The second-order valence-corrected chi connectivity index (χ2v) is 4.82. The van der Waals surface area contributed by atoms with Crippen molar-refractivity contribution in [1.29, 1.82) is 0 Å². The van der Waals surface area contributed by atoms with E-state index in [1.807, 2.05) is 0 Å². The first-order valence-electron chi connectivity index (χ1n) is 4.62. The van der Waals surface area contributed by atoms with Crippen molar-refractivity contribution in [3.63, 3.8) is 0 Å². The Balaban J connectivity index is 2.57. The van der Waals surface area contributed by atoms with E-state index in [1.165, 1.54) is 0 Å². The summed E-state index contributed by atoms with van der Waals surface area (Å²) in [4.78, 5) is 11.0. The fraction of sp³-hybridized carbons (Fsp3) is 0.900. The Morgan fingerprint density at radius 3 is 2.42 bits per heavy atom. The van der Waals surface area contributed by atoms with Gasteiger partial charge >= 0.3 is 0 Å². The summed E-state index contributed by atoms with van der Waals surface area (Å²) in [7, 11) is 0. The molecule has 0 aromatic carbocycles. The van der Waals surface area contributed by atoms with Crippen molar-refractivity contribution >= 4 is 5.78 Å². The average molecular weight is 170 g/mol. The van der Waals surface area contributed by atoms with Crippen molar-refractivity contribution in [3.05, 3.63) is 0 Å². The quantitative estimate of drug-likeness (QED) is 0.601. The molecular formula is C10H18O2. The van der Waals surface area contributed by atoms with Crippen LogP contribution in [0.15, 0.2) is 0 Å². The number of Topliss-reactive ketones (excluding diaryl/α,β-unsaturated/α-hetero) is 1. The number of carbonyl (C=O) groups excluding carboxylic acids is 1. The van der Waals surface area contributed by atoms with Gasteiger partial charge in [0.2, 0.25) is 0 Å². The molecule has 0 radical (unpaired) electrons. The van der Waals surface area contributed by atoms with E-state index in [1.54, 1.807) is 0 Å². The van der Waals surface area contributed by atoms with Gasteiger partial charge in [-0.25, -0.2) is 0 Å². The minimum Gasteiger partial charge on any atom is -0.385 e. The molecule has 1 fully saturated rings. The molecule has 0 unspecified atom stereocenters. The van der Waals surface area contributed by atoms with E-state index in [4.69, 9.17) is 0 Å². The topological polar surface area (TPSA) is 37.3 Å². The number of carbonyl (C=O) groups is 1. The fourth-order valence-corrected chi connectivity index (χ4v) is 1.79. The molecular weight excluding hydrogens is 152 g/mol. The fourth-order valence-electron chi connectivity index (χ4n) is 1.79. The molecule has 0 aromatic heterocycles. The van der Waals surface area contributed by atoms with Gasteiger partial charge < -0.3 is 5.11 Å². The first-order valence-corrected chi connectivity index (χ1v) is 4.62. The maximum absolute atomic E-state index is 11.0. The van der Waals surface area contributed by atoms with E-state index in [2.05, 4.69) is 20.8 Å². The van der Waals surface area contributed by atoms with Gasteiger partial charge in [-0.2, -0.15) is 0 Å². The van der Waals surface area contributed by atoms with Gasteiger partial charge in [-0.3, -0.25) is 4.79 Å². The van der Waals surface area contributed by atoms with Crippen molar-refractivity contribution in [2.24, 2.45) is 11.3 Å². The van der Waals surface area contributed by atoms with Gasteiger partial charge in [-0.05, 0) is 24.2 Å². The van der Waals surface area contributed by atoms with Gasteiger partial charge in [0.05, 0.1) is 0 Å². The third kappa shape index (κ3) is 2.07. The van der Waals surface area contributed by atoms with Gasteiger partial charge in [-0.15, -0.1) is 0 Å². The normalized spacial score (nSPS) is 32.2. The van der Waals surface area contributed by atoms with Crippen LogP contribution in [-0.4, -0.2) is 17.0 Å². The number of aliphatic hydroxyl groups is 1. The molecule has 0 aromatic rings. The highest BCUT2D eigenvalue weighted by Gasteiger charge is 2.33. The molecule has 0 heterocycles. The lowest BCUT2D eigenvalue weighted by molar-refractivity contribution is -0.131. The maximum Gasteiger partial charge on any atom is 0.161 e. The monoisotopic (exact) mass is 170 g/mol. The van der Waals surface area contributed by atoms with Crippen LogP contribution in [0.3, 0.4) is 0 Å². The van der Waals surface area contributed by atoms with Crippen LogP contribution < -0.4 is 0 Å². The Hall–Kier alpha value is -0.370. The molecule has 1 N–H and O–H groups in total. The molecule has 70 valence electrons. The molecule has 2 atom stereocenters. The lowest BCUT2D eigenvalue weighted by Crippen LogP contribution is -2.35. The lowest BCUT2D eigenvalue weighted by Gasteiger charge is -2.35. The Kier molecular flexibility index (Phi) is 2.57. The standard InChI is InChI=1S/C10H18O2/c1-10(2,3)7-4-5-8(11)9(12)6-7/h7,9,12H,4-6H2,1-3H3/t7-,9-/m1/s1. The highest BCUT2D eigenvalue weighted by atomic mass is 16.3. The van der Waals surface area contributed by atoms with Crippen molar-refractivity contribution in [3.8, 4) is 0 Å². The number of hydrogen-bond acceptors (Lipinski definition) is 2. The number of hydrogen-bond donors (Lipinski definition) is 1. The number of aliphatic hydroxyl groups excluding tert-OH is 1. The van der Waals surface area contributed by atoms with Crippen LogP contribution in [0.2, 0.25) is 0 Å². The average Bonchev–Trinajstić information content (AvgIpc) is 1.92. The molecule has 0 amide bonds. The van der Waals surface area contributed by atoms with Crippen LogP contribution in [0, 0.1) is 11.3 Å². The van der Waals surface area contributed by atoms with Crippen molar-refractivity contribution < 1.29 is 9.90 Å². The van der Waals surface area contributed by atoms with Gasteiger partial charge in [-0.1, -0.05) is 20.8 Å². The molecule has 0 aliphatic heterocycles. The SMILES string of the molecule is CC(C)(C)[C@@H]1CCC(=O)[C@H](O)C1. The van der Waals surface area contributed by atoms with Crippen LogP contribution >= 0.6 is 0 Å². The molecule has 1 rings (SSSR count). The smallest absolute Gasteiger partial charge is 0.161 e. The molecule has 1 saturated carbocycles. The zero-order chi connectivity index (χ0) is 9.35. The summed E-state index contributed by atoms with van der Waals surface area (Å²) >= 11 is 0. The van der Waals surface area contributed by atoms with E-state index < -0.39 is 6.10 Å². The largest absolute Gasteiger partial charge is 0.385 e. The molecule has 2 heteroatoms. The predicted molar refractivity (Wildman–Crippen MR) is 47.8 cm³/mol. The molecule has 1 aliphatic carbocycles. The third-order valence-electron chi connectivity index (χ3n) is 2.84. The summed E-state index contributed by atoms with van der Waals surface area (Å²) in [5, 5.41) is 9.36. The highest BCUT2D eigenvalue weighted by molar-refractivity contribution is 5.83. The maximum atomic E-state index is 11.0. The molecule has 0 saturated heterocycles. The van der Waals surface area contributed by atoms with Crippen molar-refractivity contribution in [1.82, 2.24) is 0 Å². The Labute approximate surface area is 74.0 Å². The molecule has 2 nitrogen and oxygen atoms in total. The van der Waals surface area contributed by atoms with Crippen LogP contribution in [-0.2, 0) is 4.79 Å². The second-order valence-electron chi connectivity index (χ2n) is 4.82. The van der Waals surface area contributed by atoms with Crippen LogP contribution in [0.25, 0.3) is 0 Å². The second kappa shape index (κ2) is 3.17. The van der Waals surface area contributed by atoms with Crippen molar-refractivity contribution in [2.75, 3.05) is 0 Å². The molecule has 1 aliphatic rings. The van der Waals surface area contributed by atoms with Gasteiger partial charge in [0, 0.05) is 6.42 Å². The Bertz CT molecular complexity index is 179. The summed E-state index contributed by atoms with van der Waals surface area (Å²) in [5.74, 6) is 0.515. The first kappa shape index (κ1) is 9.72. The molecule has 0 spiro atoms. The Morgan fingerprint density at radius 2 is 2.00 bits per heavy atom. The van der Waals surface area contributed by atoms with Gasteiger partial charge in [0.15, 0.2) is 5.78 Å². The third-order valence-corrected chi connectivity index (χ3v) is 2.84. The summed E-state index contributed by atoms with van der Waals surface area (Å²) < 4.78 is 0. The van der Waals surface area contributed by atoms with Crippen molar-refractivity contribution in [2.45, 2.75) is 46.1 Å². The minimum atomic E-state index is -0.692. The van der Waals surface area contributed by atoms with E-state index in [0.29, 0.717) is 18.8 Å². The number of ketones is 1. The Morgan fingerprint density at radius 1 is 1.42 bits per heavy atom. The van der Waals surface area contributed by atoms with Gasteiger partial charge in [0.25, 0.3) is 0 Å². The molecule has 12 heavy (non-hydrogen) atoms. The van der Waals surface area contributed by atoms with Crippen LogP contribution in [0.5, 0.6) is 0 Å². The first-order chi connectivity index (χ1) is 5.41. The summed E-state index contributed by atoms with van der Waals surface area (Å²) in [6, 6.07) is 0. The number of rotatable bonds is 0. The highest BCUT2D eigenvalue weighted by Crippen LogP contribution is 2.36. The van der Waals surface area contributed by atoms with Crippen LogP contribution in [0.4, 0.5) is 0 Å².